The molecule has 72 valence electrons. The highest BCUT2D eigenvalue weighted by Crippen LogP contribution is 2.18. The Kier molecular flexibility index (Phi) is 3.39. The quantitative estimate of drug-likeness (QED) is 0.746. The van der Waals surface area contributed by atoms with E-state index in [0.717, 1.165) is 5.56 Å². The van der Waals surface area contributed by atoms with E-state index < -0.39 is 6.04 Å². The molecule has 3 heteroatoms. The van der Waals surface area contributed by atoms with E-state index in [0.29, 0.717) is 12.0 Å². The van der Waals surface area contributed by atoms with Crippen LogP contribution in [0.15, 0.2) is 18.2 Å². The molecule has 3 N–H and O–H groups in total. The highest BCUT2D eigenvalue weighted by molar-refractivity contribution is 5.26. The first-order valence-electron chi connectivity index (χ1n) is 4.27. The maximum Gasteiger partial charge on any atom is 0.127 e. The molecule has 0 saturated carbocycles. The summed E-state index contributed by atoms with van der Waals surface area (Å²) in [6, 6.07) is 4.41. The van der Waals surface area contributed by atoms with Crippen LogP contribution in [0.4, 0.5) is 4.39 Å². The molecular formula is C10H14FNO. The third-order valence-corrected chi connectivity index (χ3v) is 1.99. The van der Waals surface area contributed by atoms with Gasteiger partial charge in [-0.15, -0.1) is 0 Å². The summed E-state index contributed by atoms with van der Waals surface area (Å²) in [4.78, 5) is 0. The Hall–Kier alpha value is -0.930. The van der Waals surface area contributed by atoms with E-state index in [1.165, 1.54) is 6.07 Å². The van der Waals surface area contributed by atoms with E-state index in [9.17, 15) is 4.39 Å². The average molecular weight is 183 g/mol. The minimum absolute atomic E-state index is 0.0193. The van der Waals surface area contributed by atoms with Gasteiger partial charge in [-0.1, -0.05) is 17.7 Å². The third-order valence-electron chi connectivity index (χ3n) is 1.99. The van der Waals surface area contributed by atoms with Crippen LogP contribution in [-0.4, -0.2) is 11.7 Å². The summed E-state index contributed by atoms with van der Waals surface area (Å²) in [5.41, 5.74) is 7.13. The Morgan fingerprint density at radius 2 is 2.23 bits per heavy atom. The topological polar surface area (TPSA) is 46.2 Å². The second-order valence-corrected chi connectivity index (χ2v) is 3.14. The fourth-order valence-electron chi connectivity index (χ4n) is 1.24. The molecule has 1 atom stereocenters. The number of hydrogen-bond acceptors (Lipinski definition) is 2. The van der Waals surface area contributed by atoms with Gasteiger partial charge in [0.1, 0.15) is 5.82 Å². The van der Waals surface area contributed by atoms with Gasteiger partial charge in [-0.3, -0.25) is 0 Å². The summed E-state index contributed by atoms with van der Waals surface area (Å²) in [7, 11) is 0. The van der Waals surface area contributed by atoms with Crippen molar-refractivity contribution in [3.05, 3.63) is 35.1 Å². The van der Waals surface area contributed by atoms with Crippen LogP contribution in [0.2, 0.25) is 0 Å². The van der Waals surface area contributed by atoms with Crippen molar-refractivity contribution < 1.29 is 9.50 Å². The molecule has 0 saturated heterocycles. The largest absolute Gasteiger partial charge is 0.396 e. The van der Waals surface area contributed by atoms with Gasteiger partial charge in [-0.2, -0.15) is 0 Å². The molecule has 0 unspecified atom stereocenters. The van der Waals surface area contributed by atoms with E-state index in [4.69, 9.17) is 10.8 Å². The molecule has 0 aliphatic rings. The van der Waals surface area contributed by atoms with Gasteiger partial charge in [0.25, 0.3) is 0 Å². The zero-order chi connectivity index (χ0) is 9.84. The van der Waals surface area contributed by atoms with E-state index in [2.05, 4.69) is 0 Å². The number of benzene rings is 1. The van der Waals surface area contributed by atoms with E-state index >= 15 is 0 Å². The molecule has 1 aromatic rings. The lowest BCUT2D eigenvalue weighted by atomic mass is 10.0. The number of aryl methyl sites for hydroxylation is 1. The van der Waals surface area contributed by atoms with Gasteiger partial charge in [0.15, 0.2) is 0 Å². The van der Waals surface area contributed by atoms with Crippen LogP contribution < -0.4 is 5.73 Å². The Labute approximate surface area is 77.2 Å². The lowest BCUT2D eigenvalue weighted by Crippen LogP contribution is -2.13. The molecule has 0 aliphatic carbocycles. The molecule has 1 rings (SSSR count). The number of halogens is 1. The van der Waals surface area contributed by atoms with Crippen LogP contribution in [0.1, 0.15) is 23.6 Å². The normalized spacial score (nSPS) is 12.9. The maximum absolute atomic E-state index is 13.2. The molecule has 13 heavy (non-hydrogen) atoms. The zero-order valence-corrected chi connectivity index (χ0v) is 7.63. The second-order valence-electron chi connectivity index (χ2n) is 3.14. The molecule has 0 heterocycles. The van der Waals surface area contributed by atoms with Gasteiger partial charge in [0.2, 0.25) is 0 Å². The summed E-state index contributed by atoms with van der Waals surface area (Å²) in [5.74, 6) is -0.299. The Morgan fingerprint density at radius 1 is 1.54 bits per heavy atom. The van der Waals surface area contributed by atoms with E-state index in [-0.39, 0.29) is 12.4 Å². The van der Waals surface area contributed by atoms with Crippen LogP contribution in [0, 0.1) is 12.7 Å². The first-order chi connectivity index (χ1) is 6.15. The molecule has 1 aromatic carbocycles. The van der Waals surface area contributed by atoms with Crippen molar-refractivity contribution >= 4 is 0 Å². The molecular weight excluding hydrogens is 169 g/mol. The smallest absolute Gasteiger partial charge is 0.127 e. The van der Waals surface area contributed by atoms with Crippen molar-refractivity contribution in [2.24, 2.45) is 5.73 Å². The fourth-order valence-corrected chi connectivity index (χ4v) is 1.24. The van der Waals surface area contributed by atoms with Crippen molar-refractivity contribution in [2.75, 3.05) is 6.61 Å². The molecule has 0 aliphatic heterocycles. The molecule has 0 fully saturated rings. The predicted molar refractivity (Wildman–Crippen MR) is 49.8 cm³/mol. The molecule has 0 bridgehead atoms. The summed E-state index contributed by atoms with van der Waals surface area (Å²) in [6.07, 6.45) is 0.389. The second kappa shape index (κ2) is 4.35. The Bertz CT molecular complexity index is 288. The van der Waals surface area contributed by atoms with Crippen LogP contribution in [0.25, 0.3) is 0 Å². The zero-order valence-electron chi connectivity index (χ0n) is 7.63. The van der Waals surface area contributed by atoms with Crippen LogP contribution in [0.3, 0.4) is 0 Å². The first kappa shape index (κ1) is 10.2. The van der Waals surface area contributed by atoms with Crippen molar-refractivity contribution in [3.8, 4) is 0 Å². The van der Waals surface area contributed by atoms with Gasteiger partial charge in [0.05, 0.1) is 0 Å². The number of rotatable bonds is 3. The first-order valence-corrected chi connectivity index (χ1v) is 4.27. The lowest BCUT2D eigenvalue weighted by molar-refractivity contribution is 0.275. The number of hydrogen-bond donors (Lipinski definition) is 2. The molecule has 0 spiro atoms. The van der Waals surface area contributed by atoms with Crippen molar-refractivity contribution in [2.45, 2.75) is 19.4 Å². The van der Waals surface area contributed by atoms with Crippen LogP contribution in [-0.2, 0) is 0 Å². The van der Waals surface area contributed by atoms with Gasteiger partial charge in [0, 0.05) is 18.2 Å². The number of nitrogens with two attached hydrogens (primary N) is 1. The standard InChI is InChI=1S/C10H14FNO/c1-7-2-3-9(11)8(6-7)10(12)4-5-13/h2-3,6,10,13H,4-5,12H2,1H3/t10-/m0/s1. The number of aliphatic hydroxyl groups is 1. The van der Waals surface area contributed by atoms with Gasteiger partial charge < -0.3 is 10.8 Å². The Morgan fingerprint density at radius 3 is 2.85 bits per heavy atom. The summed E-state index contributed by atoms with van der Waals surface area (Å²) in [6.45, 7) is 1.86. The predicted octanol–water partition coefficient (Wildman–Crippen LogP) is 1.52. The summed E-state index contributed by atoms with van der Waals surface area (Å²) >= 11 is 0. The lowest BCUT2D eigenvalue weighted by Gasteiger charge is -2.11. The summed E-state index contributed by atoms with van der Waals surface area (Å²) in [5, 5.41) is 8.66. The van der Waals surface area contributed by atoms with Crippen LogP contribution in [0.5, 0.6) is 0 Å². The monoisotopic (exact) mass is 183 g/mol. The highest BCUT2D eigenvalue weighted by atomic mass is 19.1. The SMILES string of the molecule is Cc1ccc(F)c([C@@H](N)CCO)c1. The highest BCUT2D eigenvalue weighted by Gasteiger charge is 2.10. The minimum Gasteiger partial charge on any atom is -0.396 e. The van der Waals surface area contributed by atoms with Crippen molar-refractivity contribution in [1.29, 1.82) is 0 Å². The van der Waals surface area contributed by atoms with Crippen molar-refractivity contribution in [1.82, 2.24) is 0 Å². The summed E-state index contributed by atoms with van der Waals surface area (Å²) < 4.78 is 13.2. The van der Waals surface area contributed by atoms with Crippen LogP contribution >= 0.6 is 0 Å². The van der Waals surface area contributed by atoms with Gasteiger partial charge >= 0.3 is 0 Å². The maximum atomic E-state index is 13.2. The van der Waals surface area contributed by atoms with Gasteiger partial charge in [-0.25, -0.2) is 4.39 Å². The average Bonchev–Trinajstić information content (AvgIpc) is 2.09. The van der Waals surface area contributed by atoms with Gasteiger partial charge in [-0.05, 0) is 19.4 Å². The third kappa shape index (κ3) is 2.50. The number of aliphatic hydroxyl groups excluding tert-OH is 1. The molecule has 0 amide bonds. The molecule has 2 nitrogen and oxygen atoms in total. The minimum atomic E-state index is -0.412. The molecule has 0 radical (unpaired) electrons. The molecule has 0 aromatic heterocycles. The van der Waals surface area contributed by atoms with E-state index in [1.54, 1.807) is 12.1 Å². The van der Waals surface area contributed by atoms with Crippen molar-refractivity contribution in [3.63, 3.8) is 0 Å². The Balaban J connectivity index is 2.91. The fraction of sp³-hybridized carbons (Fsp3) is 0.400. The van der Waals surface area contributed by atoms with E-state index in [1.807, 2.05) is 6.92 Å².